The smallest absolute Gasteiger partial charge is 0.352 e. The second-order valence-electron chi connectivity index (χ2n) is 5.08. The standard InChI is InChI=1S/C15H14ClN5O3/c1-24-6-5-21-13(22)11-3-2-4-20(12(11)19-15(21)23)9-10-7-17-14(16)18-8-10/h2-4,7-8H,5-6,9H2,1H3. The maximum atomic E-state index is 12.5. The van der Waals surface area contributed by atoms with E-state index in [0.29, 0.717) is 17.9 Å². The molecule has 0 saturated carbocycles. The van der Waals surface area contributed by atoms with Crippen LogP contribution in [0.15, 0.2) is 40.3 Å². The van der Waals surface area contributed by atoms with Gasteiger partial charge in [-0.1, -0.05) is 0 Å². The third-order valence-electron chi connectivity index (χ3n) is 3.50. The van der Waals surface area contributed by atoms with E-state index in [-0.39, 0.29) is 24.0 Å². The number of nitrogens with zero attached hydrogens (tertiary/aromatic N) is 5. The van der Waals surface area contributed by atoms with Crippen molar-refractivity contribution in [2.45, 2.75) is 13.1 Å². The van der Waals surface area contributed by atoms with Crippen molar-refractivity contribution in [3.8, 4) is 11.4 Å². The van der Waals surface area contributed by atoms with E-state index in [9.17, 15) is 9.59 Å². The van der Waals surface area contributed by atoms with Crippen LogP contribution in [0.25, 0.3) is 11.4 Å². The van der Waals surface area contributed by atoms with Crippen LogP contribution < -0.4 is 11.2 Å². The van der Waals surface area contributed by atoms with E-state index in [0.717, 1.165) is 10.1 Å². The highest BCUT2D eigenvalue weighted by atomic mass is 35.5. The summed E-state index contributed by atoms with van der Waals surface area (Å²) in [4.78, 5) is 36.6. The largest absolute Gasteiger partial charge is 0.383 e. The molecule has 0 N–H and O–H groups in total. The van der Waals surface area contributed by atoms with Gasteiger partial charge >= 0.3 is 5.69 Å². The molecule has 0 radical (unpaired) electrons. The number of fused-ring (bicyclic) bond motifs is 1. The fraction of sp³-hybridized carbons (Fsp3) is 0.267. The topological polar surface area (TPSA) is 91.9 Å². The van der Waals surface area contributed by atoms with Crippen LogP contribution in [0.5, 0.6) is 0 Å². The molecule has 2 aliphatic rings. The minimum absolute atomic E-state index is 0.155. The highest BCUT2D eigenvalue weighted by molar-refractivity contribution is 6.28. The summed E-state index contributed by atoms with van der Waals surface area (Å²) in [5, 5.41) is 0.155. The van der Waals surface area contributed by atoms with Crippen molar-refractivity contribution < 1.29 is 4.74 Å². The molecule has 2 aliphatic heterocycles. The monoisotopic (exact) mass is 347 g/mol. The van der Waals surface area contributed by atoms with E-state index in [1.54, 1.807) is 35.3 Å². The van der Waals surface area contributed by atoms with Crippen LogP contribution in [0.1, 0.15) is 5.56 Å². The predicted octanol–water partition coefficient (Wildman–Crippen LogP) is 0.648. The van der Waals surface area contributed by atoms with Crippen LogP contribution in [0.2, 0.25) is 5.28 Å². The Kier molecular flexibility index (Phi) is 4.68. The molecule has 3 rings (SSSR count). The molecule has 0 saturated heterocycles. The van der Waals surface area contributed by atoms with Crippen molar-refractivity contribution in [3.05, 3.63) is 62.4 Å². The third kappa shape index (κ3) is 3.19. The predicted molar refractivity (Wildman–Crippen MR) is 87.4 cm³/mol. The Bertz CT molecular complexity index is 935. The van der Waals surface area contributed by atoms with Gasteiger partial charge in [0.15, 0.2) is 5.82 Å². The Morgan fingerprint density at radius 2 is 2.00 bits per heavy atom. The Labute approximate surface area is 141 Å². The zero-order chi connectivity index (χ0) is 17.1. The highest BCUT2D eigenvalue weighted by Crippen LogP contribution is 2.14. The van der Waals surface area contributed by atoms with Crippen LogP contribution in [0, 0.1) is 0 Å². The zero-order valence-electron chi connectivity index (χ0n) is 12.8. The summed E-state index contributed by atoms with van der Waals surface area (Å²) >= 11 is 5.67. The van der Waals surface area contributed by atoms with Gasteiger partial charge in [-0.15, -0.1) is 0 Å². The van der Waals surface area contributed by atoms with E-state index < -0.39 is 5.69 Å². The quantitative estimate of drug-likeness (QED) is 0.629. The zero-order valence-corrected chi connectivity index (χ0v) is 13.6. The van der Waals surface area contributed by atoms with Crippen molar-refractivity contribution in [2.75, 3.05) is 13.7 Å². The summed E-state index contributed by atoms with van der Waals surface area (Å²) in [6.45, 7) is 0.788. The number of pyridine rings is 1. The summed E-state index contributed by atoms with van der Waals surface area (Å²) in [6, 6.07) is 3.37. The summed E-state index contributed by atoms with van der Waals surface area (Å²) in [5.74, 6) is 0.316. The van der Waals surface area contributed by atoms with Crippen LogP contribution in [-0.4, -0.2) is 37.8 Å². The summed E-state index contributed by atoms with van der Waals surface area (Å²) in [7, 11) is 1.51. The highest BCUT2D eigenvalue weighted by Gasteiger charge is 2.17. The van der Waals surface area contributed by atoms with Gasteiger partial charge < -0.3 is 9.30 Å². The molecule has 0 amide bonds. The van der Waals surface area contributed by atoms with Crippen molar-refractivity contribution in [1.82, 2.24) is 24.1 Å². The summed E-state index contributed by atoms with van der Waals surface area (Å²) < 4.78 is 7.69. The number of halogens is 1. The number of methoxy groups -OCH3 is 1. The van der Waals surface area contributed by atoms with Crippen molar-refractivity contribution in [3.63, 3.8) is 0 Å². The number of aromatic nitrogens is 5. The number of hydrogen-bond donors (Lipinski definition) is 0. The third-order valence-corrected chi connectivity index (χ3v) is 3.69. The summed E-state index contributed by atoms with van der Waals surface area (Å²) in [5.41, 5.74) is 0.151. The second-order valence-corrected chi connectivity index (χ2v) is 5.42. The molecule has 0 unspecified atom stereocenters. The van der Waals surface area contributed by atoms with Gasteiger partial charge in [-0.2, -0.15) is 4.98 Å². The first-order valence-corrected chi connectivity index (χ1v) is 7.53. The minimum atomic E-state index is -0.600. The lowest BCUT2D eigenvalue weighted by atomic mass is 10.2. The molecule has 0 aromatic carbocycles. The van der Waals surface area contributed by atoms with Crippen molar-refractivity contribution >= 4 is 11.6 Å². The fourth-order valence-electron chi connectivity index (χ4n) is 2.34. The van der Waals surface area contributed by atoms with Gasteiger partial charge in [0.1, 0.15) is 0 Å². The first-order chi connectivity index (χ1) is 11.6. The maximum Gasteiger partial charge on any atom is 0.352 e. The molecule has 0 aliphatic carbocycles. The Balaban J connectivity index is 2.06. The molecule has 0 bridgehead atoms. The van der Waals surface area contributed by atoms with E-state index in [1.165, 1.54) is 7.11 Å². The maximum absolute atomic E-state index is 12.5. The summed E-state index contributed by atoms with van der Waals surface area (Å²) in [6.07, 6.45) is 4.90. The van der Waals surface area contributed by atoms with Gasteiger partial charge in [-0.05, 0) is 23.7 Å². The van der Waals surface area contributed by atoms with Crippen molar-refractivity contribution in [2.24, 2.45) is 0 Å². The lowest BCUT2D eigenvalue weighted by Gasteiger charge is -2.14. The number of hydrogen-bond acceptors (Lipinski definition) is 6. The molecule has 24 heavy (non-hydrogen) atoms. The molecule has 0 fully saturated rings. The molecular formula is C15H14ClN5O3. The Morgan fingerprint density at radius 3 is 2.71 bits per heavy atom. The van der Waals surface area contributed by atoms with Gasteiger partial charge in [-0.3, -0.25) is 9.36 Å². The Morgan fingerprint density at radius 1 is 1.25 bits per heavy atom. The molecule has 1 aromatic rings. The van der Waals surface area contributed by atoms with E-state index in [4.69, 9.17) is 16.3 Å². The molecule has 3 heterocycles. The minimum Gasteiger partial charge on any atom is -0.383 e. The van der Waals surface area contributed by atoms with Crippen LogP contribution in [0.4, 0.5) is 0 Å². The number of ether oxygens (including phenoxy) is 1. The average Bonchev–Trinajstić information content (AvgIpc) is 2.57. The van der Waals surface area contributed by atoms with Gasteiger partial charge in [0.25, 0.3) is 5.56 Å². The molecule has 9 heteroatoms. The Hall–Kier alpha value is -2.58. The average molecular weight is 348 g/mol. The molecule has 1 aromatic heterocycles. The first-order valence-electron chi connectivity index (χ1n) is 7.15. The SMILES string of the molecule is COCCn1c(=O)nc2n(Cc3cnc(Cl)nc3)cccc-2c1=O. The van der Waals surface area contributed by atoms with Gasteiger partial charge in [0.05, 0.1) is 25.3 Å². The lowest BCUT2D eigenvalue weighted by molar-refractivity contribution is 0.185. The molecule has 124 valence electrons. The van der Waals surface area contributed by atoms with E-state index >= 15 is 0 Å². The van der Waals surface area contributed by atoms with E-state index in [2.05, 4.69) is 15.0 Å². The molecule has 8 nitrogen and oxygen atoms in total. The lowest BCUT2D eigenvalue weighted by Crippen LogP contribution is -2.38. The van der Waals surface area contributed by atoms with Gasteiger partial charge in [0, 0.05) is 31.3 Å². The van der Waals surface area contributed by atoms with Crippen molar-refractivity contribution in [1.29, 1.82) is 0 Å². The van der Waals surface area contributed by atoms with Crippen LogP contribution >= 0.6 is 11.6 Å². The van der Waals surface area contributed by atoms with Crippen LogP contribution in [-0.2, 0) is 17.8 Å². The van der Waals surface area contributed by atoms with Crippen LogP contribution in [0.3, 0.4) is 0 Å². The fourth-order valence-corrected chi connectivity index (χ4v) is 2.44. The van der Waals surface area contributed by atoms with Gasteiger partial charge in [-0.25, -0.2) is 14.8 Å². The normalized spacial score (nSPS) is 11.1. The molecular weight excluding hydrogens is 334 g/mol. The molecule has 0 spiro atoms. The molecule has 0 atom stereocenters. The number of rotatable bonds is 5. The van der Waals surface area contributed by atoms with E-state index in [1.807, 2.05) is 0 Å². The van der Waals surface area contributed by atoms with Gasteiger partial charge in [0.2, 0.25) is 5.28 Å². The second kappa shape index (κ2) is 6.90. The first kappa shape index (κ1) is 16.3.